The van der Waals surface area contributed by atoms with Crippen molar-refractivity contribution in [3.05, 3.63) is 82.8 Å². The molecule has 4 bridgehead atoms. The first-order valence-corrected chi connectivity index (χ1v) is 17.6. The van der Waals surface area contributed by atoms with Crippen LogP contribution in [0.25, 0.3) is 11.6 Å². The predicted octanol–water partition coefficient (Wildman–Crippen LogP) is 4.38. The second kappa shape index (κ2) is 12.2. The molecule has 2 aromatic heterocycles. The molecule has 3 aliphatic rings. The maximum absolute atomic E-state index is 14.0. The average molecular weight is 693 g/mol. The van der Waals surface area contributed by atoms with Gasteiger partial charge in [0.15, 0.2) is 23.5 Å². The minimum Gasteiger partial charge on any atom is -0.469 e. The summed E-state index contributed by atoms with van der Waals surface area (Å²) in [7, 11) is -4.78. The van der Waals surface area contributed by atoms with Gasteiger partial charge in [0.05, 0.1) is 0 Å². The Morgan fingerprint density at radius 3 is 2.61 bits per heavy atom. The van der Waals surface area contributed by atoms with E-state index >= 15 is 0 Å². The zero-order chi connectivity index (χ0) is 34.8. The highest BCUT2D eigenvalue weighted by Crippen LogP contribution is 2.59. The lowest BCUT2D eigenvalue weighted by Crippen LogP contribution is -2.41. The Morgan fingerprint density at radius 2 is 1.88 bits per heavy atom. The quantitative estimate of drug-likeness (QED) is 0.155. The van der Waals surface area contributed by atoms with E-state index in [0.29, 0.717) is 11.5 Å². The van der Waals surface area contributed by atoms with E-state index in [9.17, 15) is 29.0 Å². The van der Waals surface area contributed by atoms with Gasteiger partial charge in [-0.1, -0.05) is 58.0 Å². The number of nitrogens with one attached hydrogen (secondary N) is 2. The summed E-state index contributed by atoms with van der Waals surface area (Å²) in [6.45, 7) is 6.79. The van der Waals surface area contributed by atoms with E-state index in [1.807, 2.05) is 56.3 Å². The lowest BCUT2D eigenvalue weighted by atomic mass is 9.72. The van der Waals surface area contributed by atoms with Crippen LogP contribution in [0.4, 0.5) is 5.69 Å². The molecular formula is C34H37N4O10P. The number of aromatic nitrogens is 2. The van der Waals surface area contributed by atoms with Gasteiger partial charge in [0, 0.05) is 23.6 Å². The number of aliphatic hydroxyl groups is 1. The van der Waals surface area contributed by atoms with Crippen molar-refractivity contribution in [1.82, 2.24) is 15.3 Å². The molecule has 0 radical (unpaired) electrons. The van der Waals surface area contributed by atoms with Crippen LogP contribution in [0.1, 0.15) is 74.2 Å². The summed E-state index contributed by atoms with van der Waals surface area (Å²) >= 11 is 0. The van der Waals surface area contributed by atoms with E-state index in [1.165, 1.54) is 6.26 Å². The van der Waals surface area contributed by atoms with Gasteiger partial charge in [-0.15, -0.1) is 0 Å². The van der Waals surface area contributed by atoms with Crippen LogP contribution in [-0.2, 0) is 37.1 Å². The number of benzene rings is 2. The van der Waals surface area contributed by atoms with Crippen molar-refractivity contribution in [1.29, 1.82) is 0 Å². The minimum absolute atomic E-state index is 0.00581. The third kappa shape index (κ3) is 5.77. The van der Waals surface area contributed by atoms with Crippen molar-refractivity contribution in [2.45, 2.75) is 70.9 Å². The topological polar surface area (TPSA) is 206 Å². The van der Waals surface area contributed by atoms with Crippen molar-refractivity contribution in [3.63, 3.8) is 0 Å². The second-order valence-corrected chi connectivity index (χ2v) is 14.7. The fraction of sp³-hybridized carbons (Fsp3) is 0.412. The van der Waals surface area contributed by atoms with Crippen LogP contribution in [0.3, 0.4) is 0 Å². The number of anilines is 1. The molecule has 5 N–H and O–H groups in total. The number of ether oxygens (including phenoxy) is 1. The van der Waals surface area contributed by atoms with Crippen molar-refractivity contribution in [2.75, 3.05) is 5.32 Å². The number of hydrogen-bond donors (Lipinski definition) is 5. The molecule has 258 valence electrons. The van der Waals surface area contributed by atoms with Gasteiger partial charge in [-0.2, -0.15) is 0 Å². The van der Waals surface area contributed by atoms with Crippen molar-refractivity contribution < 1.29 is 47.1 Å². The summed E-state index contributed by atoms with van der Waals surface area (Å²) < 4.78 is 35.2. The number of oxazole rings is 2. The van der Waals surface area contributed by atoms with Gasteiger partial charge in [0.1, 0.15) is 41.9 Å². The van der Waals surface area contributed by atoms with Crippen LogP contribution >= 0.6 is 7.82 Å². The first kappa shape index (κ1) is 33.2. The molecule has 5 atom stereocenters. The number of hydrogen-bond acceptors (Lipinski definition) is 11. The molecule has 1 amide bonds. The van der Waals surface area contributed by atoms with E-state index in [-0.39, 0.29) is 47.8 Å². The molecule has 0 fully saturated rings. The maximum Gasteiger partial charge on any atom is 0.469 e. The number of ketones is 1. The molecular weight excluding hydrogens is 655 g/mol. The molecule has 5 heterocycles. The Balaban J connectivity index is 1.44. The smallest absolute Gasteiger partial charge is 0.469 e. The Hall–Kier alpha value is -4.33. The molecule has 1 spiro atoms. The second-order valence-electron chi connectivity index (χ2n) is 13.5. The highest BCUT2D eigenvalue weighted by Gasteiger charge is 2.61. The Kier molecular flexibility index (Phi) is 8.27. The van der Waals surface area contributed by atoms with Crippen LogP contribution in [-0.4, -0.2) is 48.9 Å². The van der Waals surface area contributed by atoms with Crippen molar-refractivity contribution >= 4 is 25.2 Å². The fourth-order valence-electron chi connectivity index (χ4n) is 6.93. The van der Waals surface area contributed by atoms with E-state index in [0.717, 1.165) is 22.4 Å². The summed E-state index contributed by atoms with van der Waals surface area (Å²) in [5, 5.41) is 17.1. The summed E-state index contributed by atoms with van der Waals surface area (Å²) in [5.41, 5.74) is 2.35. The summed E-state index contributed by atoms with van der Waals surface area (Å²) in [6.07, 6.45) is -0.615. The Bertz CT molecular complexity index is 1980. The SMILES string of the molecule is CC(C)[C@H](O)C(=O)CC1Cc2ccc3c(c2)C2(c4ccccc4N[C@H]2O3)c2oc(nc2-c2nc(COP(=O)(O)O)co2)[C@H](C(C)C)NC1=O. The number of phosphoric acid groups is 1. The molecule has 2 aromatic carbocycles. The molecule has 0 saturated carbocycles. The van der Waals surface area contributed by atoms with E-state index in [2.05, 4.69) is 20.1 Å². The lowest BCUT2D eigenvalue weighted by molar-refractivity contribution is -0.135. The number of amides is 1. The maximum atomic E-state index is 14.0. The highest BCUT2D eigenvalue weighted by molar-refractivity contribution is 7.46. The number of para-hydroxylation sites is 1. The van der Waals surface area contributed by atoms with Crippen molar-refractivity contribution in [2.24, 2.45) is 17.8 Å². The molecule has 15 heteroatoms. The molecule has 4 aromatic rings. The Labute approximate surface area is 281 Å². The van der Waals surface area contributed by atoms with Gasteiger partial charge in [0.25, 0.3) is 0 Å². The zero-order valence-electron chi connectivity index (χ0n) is 27.2. The Morgan fingerprint density at radius 1 is 1.10 bits per heavy atom. The summed E-state index contributed by atoms with van der Waals surface area (Å²) in [4.78, 5) is 55.0. The molecule has 3 aliphatic heterocycles. The number of fused-ring (bicyclic) bond motifs is 4. The van der Waals surface area contributed by atoms with Crippen LogP contribution < -0.4 is 15.4 Å². The number of rotatable bonds is 9. The number of Topliss-reactive ketones (excluding diaryl/α,β-unsaturated/α-hetero) is 1. The average Bonchev–Trinajstić information content (AvgIpc) is 3.82. The van der Waals surface area contributed by atoms with Gasteiger partial charge >= 0.3 is 7.82 Å². The molecule has 2 unspecified atom stereocenters. The number of aliphatic hydroxyl groups excluding tert-OH is 1. The predicted molar refractivity (Wildman–Crippen MR) is 173 cm³/mol. The van der Waals surface area contributed by atoms with Gasteiger partial charge in [-0.05, 0) is 41.5 Å². The number of carbonyl (C=O) groups excluding carboxylic acids is 2. The normalized spacial score (nSPS) is 23.2. The van der Waals surface area contributed by atoms with Gasteiger partial charge in [-0.25, -0.2) is 14.5 Å². The summed E-state index contributed by atoms with van der Waals surface area (Å²) in [5.74, 6) is -1.07. The third-order valence-electron chi connectivity index (χ3n) is 9.37. The molecule has 14 nitrogen and oxygen atoms in total. The zero-order valence-corrected chi connectivity index (χ0v) is 28.1. The standard InChI is InChI=1S/C34H37N4O10P/c1-16(2)26-32-38-27(31-35-20(14-45-31)15-46-49(42,43)44)29(48-32)34-21-7-5-6-8-23(21)36-33(34)47-25-10-9-18(12-22(25)34)11-19(30(41)37-26)13-24(39)28(40)17(3)4/h5-10,12,14,16-17,19,26,28,33,36,40H,11,13,15H2,1-4H3,(H,37,41)(H2,42,43,44)/t19?,26-,28-,33-,34?/m0/s1. The largest absolute Gasteiger partial charge is 0.469 e. The van der Waals surface area contributed by atoms with Crippen LogP contribution in [0.15, 0.2) is 57.6 Å². The fourth-order valence-corrected chi connectivity index (χ4v) is 7.23. The van der Waals surface area contributed by atoms with Crippen molar-refractivity contribution in [3.8, 4) is 17.3 Å². The van der Waals surface area contributed by atoms with Gasteiger partial charge in [-0.3, -0.25) is 14.1 Å². The van der Waals surface area contributed by atoms with Gasteiger partial charge in [0.2, 0.25) is 17.7 Å². The summed E-state index contributed by atoms with van der Waals surface area (Å²) in [6, 6.07) is 12.6. The van der Waals surface area contributed by atoms with E-state index in [1.54, 1.807) is 13.8 Å². The highest BCUT2D eigenvalue weighted by atomic mass is 31.2. The van der Waals surface area contributed by atoms with E-state index in [4.69, 9.17) is 18.6 Å². The molecule has 49 heavy (non-hydrogen) atoms. The monoisotopic (exact) mass is 692 g/mol. The molecule has 0 saturated heterocycles. The lowest BCUT2D eigenvalue weighted by Gasteiger charge is -2.28. The first-order valence-electron chi connectivity index (χ1n) is 16.1. The number of phosphoric ester groups is 1. The van der Waals surface area contributed by atoms with Gasteiger partial charge < -0.3 is 39.1 Å². The van der Waals surface area contributed by atoms with Crippen LogP contribution in [0, 0.1) is 17.8 Å². The van der Waals surface area contributed by atoms with Crippen LogP contribution in [0.5, 0.6) is 5.75 Å². The third-order valence-corrected chi connectivity index (χ3v) is 9.84. The number of carbonyl (C=O) groups is 2. The minimum atomic E-state index is -4.78. The molecule has 0 aliphatic carbocycles. The number of nitrogens with zero attached hydrogens (tertiary/aromatic N) is 2. The van der Waals surface area contributed by atoms with Crippen LogP contribution in [0.2, 0.25) is 0 Å². The first-order chi connectivity index (χ1) is 23.3. The molecule has 7 rings (SSSR count). The van der Waals surface area contributed by atoms with E-state index < -0.39 is 55.8 Å².